The fourth-order valence-electron chi connectivity index (χ4n) is 2.35. The lowest BCUT2D eigenvalue weighted by atomic mass is 9.96. The first-order chi connectivity index (χ1) is 8.99. The molecule has 1 aromatic rings. The van der Waals surface area contributed by atoms with Gasteiger partial charge in [-0.25, -0.2) is 4.98 Å². The molecule has 6 heteroatoms. The summed E-state index contributed by atoms with van der Waals surface area (Å²) in [6.07, 6.45) is 6.18. The predicted octanol–water partition coefficient (Wildman–Crippen LogP) is 0.671. The molecule has 0 aromatic carbocycles. The van der Waals surface area contributed by atoms with Crippen molar-refractivity contribution in [3.8, 4) is 0 Å². The van der Waals surface area contributed by atoms with E-state index in [-0.39, 0.29) is 0 Å². The zero-order chi connectivity index (χ0) is 13.9. The number of imidazole rings is 1. The Balaban J connectivity index is 1.69. The molecule has 2 rings (SSSR count). The van der Waals surface area contributed by atoms with Gasteiger partial charge in [-0.15, -0.1) is 0 Å². The number of carboxylic acids is 1. The molecule has 1 atom stereocenters. The summed E-state index contributed by atoms with van der Waals surface area (Å²) in [6.45, 7) is 5.45. The molecule has 0 aliphatic carbocycles. The summed E-state index contributed by atoms with van der Waals surface area (Å²) in [5.41, 5.74) is 4.60. The second-order valence-electron chi connectivity index (χ2n) is 5.49. The van der Waals surface area contributed by atoms with Gasteiger partial charge in [0.2, 0.25) is 0 Å². The van der Waals surface area contributed by atoms with Crippen LogP contribution in [0.25, 0.3) is 0 Å². The minimum absolute atomic E-state index is 0.519. The number of aromatic nitrogens is 2. The van der Waals surface area contributed by atoms with Gasteiger partial charge in [0.1, 0.15) is 11.4 Å². The molecule has 0 bridgehead atoms. The van der Waals surface area contributed by atoms with Crippen molar-refractivity contribution in [3.63, 3.8) is 0 Å². The molecule has 1 aliphatic rings. The predicted molar refractivity (Wildman–Crippen MR) is 71.6 cm³/mol. The Morgan fingerprint density at radius 3 is 3.05 bits per heavy atom. The molecule has 6 nitrogen and oxygen atoms in total. The topological polar surface area (TPSA) is 84.4 Å². The normalized spacial score (nSPS) is 18.8. The van der Waals surface area contributed by atoms with E-state index in [4.69, 9.17) is 10.8 Å². The van der Waals surface area contributed by atoms with Crippen LogP contribution in [-0.4, -0.2) is 44.2 Å². The zero-order valence-corrected chi connectivity index (χ0v) is 11.4. The molecule has 3 N–H and O–H groups in total. The first-order valence-corrected chi connectivity index (χ1v) is 6.74. The Morgan fingerprint density at radius 2 is 2.32 bits per heavy atom. The van der Waals surface area contributed by atoms with Gasteiger partial charge < -0.3 is 15.4 Å². The van der Waals surface area contributed by atoms with E-state index in [1.54, 1.807) is 6.92 Å². The molecular formula is C13H22N4O2. The number of hydrogen-bond donors (Lipinski definition) is 2. The van der Waals surface area contributed by atoms with E-state index in [9.17, 15) is 4.79 Å². The number of unbranched alkanes of at least 4 members (excludes halogenated alkanes) is 1. The molecule has 0 amide bonds. The first-order valence-electron chi connectivity index (χ1n) is 6.74. The second kappa shape index (κ2) is 5.71. The molecule has 0 fully saturated rings. The maximum absolute atomic E-state index is 10.9. The van der Waals surface area contributed by atoms with Gasteiger partial charge in [-0.1, -0.05) is 0 Å². The summed E-state index contributed by atoms with van der Waals surface area (Å²) in [6, 6.07) is 0. The highest BCUT2D eigenvalue weighted by Gasteiger charge is 2.27. The van der Waals surface area contributed by atoms with E-state index in [0.717, 1.165) is 44.8 Å². The zero-order valence-electron chi connectivity index (χ0n) is 11.4. The Morgan fingerprint density at radius 1 is 1.53 bits per heavy atom. The van der Waals surface area contributed by atoms with Crippen molar-refractivity contribution >= 4 is 5.97 Å². The third-order valence-corrected chi connectivity index (χ3v) is 3.73. The molecule has 1 unspecified atom stereocenters. The van der Waals surface area contributed by atoms with Crippen LogP contribution in [0.2, 0.25) is 0 Å². The van der Waals surface area contributed by atoms with Gasteiger partial charge in [-0.05, 0) is 32.7 Å². The summed E-state index contributed by atoms with van der Waals surface area (Å²) in [5.74, 6) is 0.188. The summed E-state index contributed by atoms with van der Waals surface area (Å²) in [7, 11) is 0. The van der Waals surface area contributed by atoms with Crippen molar-refractivity contribution < 1.29 is 9.90 Å². The van der Waals surface area contributed by atoms with Crippen LogP contribution in [0.1, 0.15) is 32.0 Å². The van der Waals surface area contributed by atoms with Crippen molar-refractivity contribution in [2.75, 3.05) is 13.1 Å². The van der Waals surface area contributed by atoms with E-state index >= 15 is 0 Å². The first kappa shape index (κ1) is 14.0. The van der Waals surface area contributed by atoms with Crippen LogP contribution in [0.5, 0.6) is 0 Å². The van der Waals surface area contributed by atoms with Crippen LogP contribution in [0.3, 0.4) is 0 Å². The molecule has 2 heterocycles. The van der Waals surface area contributed by atoms with Crippen LogP contribution in [-0.2, 0) is 17.9 Å². The molecular weight excluding hydrogens is 244 g/mol. The highest BCUT2D eigenvalue weighted by Crippen LogP contribution is 2.14. The molecule has 1 aliphatic heterocycles. The Kier molecular flexibility index (Phi) is 4.21. The monoisotopic (exact) mass is 266 g/mol. The van der Waals surface area contributed by atoms with Crippen LogP contribution >= 0.6 is 0 Å². The van der Waals surface area contributed by atoms with Crippen LogP contribution in [0, 0.1) is 0 Å². The molecule has 0 radical (unpaired) electrons. The summed E-state index contributed by atoms with van der Waals surface area (Å²) in [5, 5.41) is 8.93. The molecule has 106 valence electrons. The number of nitrogens with two attached hydrogens (primary N) is 1. The van der Waals surface area contributed by atoms with E-state index < -0.39 is 11.5 Å². The molecule has 19 heavy (non-hydrogen) atoms. The summed E-state index contributed by atoms with van der Waals surface area (Å²) < 4.78 is 2.18. The standard InChI is InChI=1S/C13H22N4O2/c1-13(14,12(18)19)4-2-3-6-16-8-9-17-7-5-15-11(17)10-16/h5,7H,2-4,6,8-10,14H2,1H3,(H,18,19). The molecule has 0 saturated carbocycles. The van der Waals surface area contributed by atoms with Gasteiger partial charge >= 0.3 is 5.97 Å². The highest BCUT2D eigenvalue weighted by atomic mass is 16.4. The summed E-state index contributed by atoms with van der Waals surface area (Å²) >= 11 is 0. The third kappa shape index (κ3) is 3.54. The molecule has 0 spiro atoms. The largest absolute Gasteiger partial charge is 0.480 e. The maximum atomic E-state index is 10.9. The fraction of sp³-hybridized carbons (Fsp3) is 0.692. The lowest BCUT2D eigenvalue weighted by Gasteiger charge is -2.27. The summed E-state index contributed by atoms with van der Waals surface area (Å²) in [4.78, 5) is 17.6. The van der Waals surface area contributed by atoms with Gasteiger partial charge in [0.15, 0.2) is 0 Å². The van der Waals surface area contributed by atoms with Crippen LogP contribution in [0.15, 0.2) is 12.4 Å². The van der Waals surface area contributed by atoms with Crippen LogP contribution < -0.4 is 5.73 Å². The average molecular weight is 266 g/mol. The smallest absolute Gasteiger partial charge is 0.323 e. The maximum Gasteiger partial charge on any atom is 0.323 e. The fourth-order valence-corrected chi connectivity index (χ4v) is 2.35. The lowest BCUT2D eigenvalue weighted by Crippen LogP contribution is -2.44. The lowest BCUT2D eigenvalue weighted by molar-refractivity contribution is -0.142. The van der Waals surface area contributed by atoms with E-state index in [1.165, 1.54) is 0 Å². The van der Waals surface area contributed by atoms with E-state index in [2.05, 4.69) is 14.5 Å². The SMILES string of the molecule is CC(N)(CCCCN1CCn2ccnc2C1)C(=O)O. The van der Waals surface area contributed by atoms with Crippen molar-refractivity contribution in [3.05, 3.63) is 18.2 Å². The Hall–Kier alpha value is -1.40. The number of nitrogens with zero attached hydrogens (tertiary/aromatic N) is 3. The number of carboxylic acid groups (broad SMARTS) is 1. The highest BCUT2D eigenvalue weighted by molar-refractivity contribution is 5.77. The van der Waals surface area contributed by atoms with Crippen molar-refractivity contribution in [2.45, 2.75) is 44.8 Å². The minimum atomic E-state index is -1.10. The van der Waals surface area contributed by atoms with Crippen molar-refractivity contribution in [2.24, 2.45) is 5.73 Å². The number of rotatable bonds is 6. The van der Waals surface area contributed by atoms with Gasteiger partial charge in [-0.2, -0.15) is 0 Å². The molecule has 1 aromatic heterocycles. The Bertz CT molecular complexity index is 442. The minimum Gasteiger partial charge on any atom is -0.480 e. The number of aliphatic carboxylic acids is 1. The number of carbonyl (C=O) groups is 1. The number of fused-ring (bicyclic) bond motifs is 1. The quantitative estimate of drug-likeness (QED) is 0.739. The van der Waals surface area contributed by atoms with Gasteiger partial charge in [0, 0.05) is 25.5 Å². The Labute approximate surface area is 113 Å². The van der Waals surface area contributed by atoms with E-state index in [0.29, 0.717) is 6.42 Å². The molecule has 0 saturated heterocycles. The van der Waals surface area contributed by atoms with E-state index in [1.807, 2.05) is 12.4 Å². The van der Waals surface area contributed by atoms with Gasteiger partial charge in [0.25, 0.3) is 0 Å². The third-order valence-electron chi connectivity index (χ3n) is 3.73. The second-order valence-corrected chi connectivity index (χ2v) is 5.49. The van der Waals surface area contributed by atoms with Gasteiger partial charge in [-0.3, -0.25) is 9.69 Å². The van der Waals surface area contributed by atoms with Crippen molar-refractivity contribution in [1.29, 1.82) is 0 Å². The van der Waals surface area contributed by atoms with Crippen molar-refractivity contribution in [1.82, 2.24) is 14.5 Å². The number of hydrogen-bond acceptors (Lipinski definition) is 4. The average Bonchev–Trinajstić information content (AvgIpc) is 2.81. The van der Waals surface area contributed by atoms with Gasteiger partial charge in [0.05, 0.1) is 6.54 Å². The van der Waals surface area contributed by atoms with Crippen LogP contribution in [0.4, 0.5) is 0 Å².